The summed E-state index contributed by atoms with van der Waals surface area (Å²) in [6.45, 7) is 0. The van der Waals surface area contributed by atoms with E-state index < -0.39 is 0 Å². The fraction of sp³-hybridized carbons (Fsp3) is 1.00. The van der Waals surface area contributed by atoms with E-state index in [0.717, 1.165) is 12.1 Å². The first-order chi connectivity index (χ1) is 6.20. The molecule has 3 unspecified atom stereocenters. The molecule has 2 aliphatic rings. The number of nitrogens with zero attached hydrogens (tertiary/aromatic N) is 1. The smallest absolute Gasteiger partial charge is 0.0161 e. The van der Waals surface area contributed by atoms with Gasteiger partial charge in [-0.25, -0.2) is 0 Å². The summed E-state index contributed by atoms with van der Waals surface area (Å²) in [7, 11) is 6.59. The molecule has 0 saturated heterocycles. The van der Waals surface area contributed by atoms with E-state index in [9.17, 15) is 0 Å². The number of hydrogen-bond donors (Lipinski definition) is 1. The third-order valence-corrected chi connectivity index (χ3v) is 4.35. The summed E-state index contributed by atoms with van der Waals surface area (Å²) >= 11 is 0. The molecule has 0 aromatic heterocycles. The van der Waals surface area contributed by atoms with E-state index in [-0.39, 0.29) is 0 Å². The first kappa shape index (κ1) is 9.47. The van der Waals surface area contributed by atoms with Gasteiger partial charge in [-0.3, -0.25) is 0 Å². The molecule has 0 aromatic carbocycles. The van der Waals surface area contributed by atoms with E-state index in [2.05, 4.69) is 31.4 Å². The van der Waals surface area contributed by atoms with Gasteiger partial charge in [0, 0.05) is 17.5 Å². The van der Waals surface area contributed by atoms with E-state index in [1.165, 1.54) is 32.1 Å². The van der Waals surface area contributed by atoms with Crippen LogP contribution in [0.3, 0.4) is 0 Å². The summed E-state index contributed by atoms with van der Waals surface area (Å²) < 4.78 is 0. The molecule has 0 amide bonds. The van der Waals surface area contributed by atoms with Gasteiger partial charge in [0.05, 0.1) is 0 Å². The van der Waals surface area contributed by atoms with Gasteiger partial charge >= 0.3 is 0 Å². The molecule has 2 nitrogen and oxygen atoms in total. The predicted octanol–water partition coefficient (Wildman–Crippen LogP) is 1.47. The highest BCUT2D eigenvalue weighted by Crippen LogP contribution is 2.54. The Morgan fingerprint density at radius 3 is 2.46 bits per heavy atom. The van der Waals surface area contributed by atoms with Crippen molar-refractivity contribution >= 4 is 0 Å². The molecule has 2 aliphatic carbocycles. The number of hydrogen-bond acceptors (Lipinski definition) is 2. The van der Waals surface area contributed by atoms with E-state index in [1.807, 2.05) is 0 Å². The molecule has 13 heavy (non-hydrogen) atoms. The second-order valence-corrected chi connectivity index (χ2v) is 4.98. The quantitative estimate of drug-likeness (QED) is 0.695. The molecule has 2 fully saturated rings. The second kappa shape index (κ2) is 3.25. The third-order valence-electron chi connectivity index (χ3n) is 4.35. The number of rotatable bonds is 2. The van der Waals surface area contributed by atoms with Gasteiger partial charge in [0.25, 0.3) is 0 Å². The Bertz CT molecular complexity index is 191. The first-order valence-corrected chi connectivity index (χ1v) is 5.54. The molecule has 1 spiro atoms. The minimum atomic E-state index is 0.637. The van der Waals surface area contributed by atoms with Crippen molar-refractivity contribution in [3.05, 3.63) is 0 Å². The molecule has 2 saturated carbocycles. The number of nitrogens with one attached hydrogen (secondary N) is 1. The fourth-order valence-corrected chi connectivity index (χ4v) is 3.64. The molecule has 0 radical (unpaired) electrons. The van der Waals surface area contributed by atoms with Crippen LogP contribution in [-0.4, -0.2) is 38.1 Å². The highest BCUT2D eigenvalue weighted by molar-refractivity contribution is 5.09. The summed E-state index contributed by atoms with van der Waals surface area (Å²) in [6.07, 6.45) is 7.12. The van der Waals surface area contributed by atoms with Crippen LogP contribution in [0.2, 0.25) is 0 Å². The standard InChI is InChI=1S/C11H22N2/c1-12-9-5-4-7-11(9)8-6-10(11)13(2)3/h9-10,12H,4-8H2,1-3H3. The van der Waals surface area contributed by atoms with Crippen LogP contribution in [0.25, 0.3) is 0 Å². The van der Waals surface area contributed by atoms with Crippen molar-refractivity contribution in [2.45, 2.75) is 44.2 Å². The monoisotopic (exact) mass is 182 g/mol. The zero-order valence-corrected chi connectivity index (χ0v) is 9.14. The van der Waals surface area contributed by atoms with Crippen molar-refractivity contribution in [3.63, 3.8) is 0 Å². The van der Waals surface area contributed by atoms with Crippen LogP contribution >= 0.6 is 0 Å². The van der Waals surface area contributed by atoms with Crippen LogP contribution in [0.15, 0.2) is 0 Å². The average Bonchev–Trinajstić information content (AvgIpc) is 2.45. The molecular formula is C11H22N2. The van der Waals surface area contributed by atoms with Crippen molar-refractivity contribution in [2.24, 2.45) is 5.41 Å². The lowest BCUT2D eigenvalue weighted by molar-refractivity contribution is -0.0157. The molecule has 0 aromatic rings. The lowest BCUT2D eigenvalue weighted by Crippen LogP contribution is -2.59. The van der Waals surface area contributed by atoms with Gasteiger partial charge in [-0.05, 0) is 46.8 Å². The Labute approximate surface area is 81.7 Å². The van der Waals surface area contributed by atoms with Crippen molar-refractivity contribution in [1.82, 2.24) is 10.2 Å². The normalized spacial score (nSPS) is 44.3. The predicted molar refractivity (Wildman–Crippen MR) is 55.8 cm³/mol. The highest BCUT2D eigenvalue weighted by Gasteiger charge is 2.54. The van der Waals surface area contributed by atoms with Crippen LogP contribution in [0.4, 0.5) is 0 Å². The Kier molecular flexibility index (Phi) is 2.37. The van der Waals surface area contributed by atoms with Crippen LogP contribution in [0, 0.1) is 5.41 Å². The molecule has 1 N–H and O–H groups in total. The maximum Gasteiger partial charge on any atom is 0.0161 e. The summed E-state index contributed by atoms with van der Waals surface area (Å²) in [5, 5.41) is 3.51. The molecule has 0 heterocycles. The Hall–Kier alpha value is -0.0800. The zero-order valence-electron chi connectivity index (χ0n) is 9.14. The Morgan fingerprint density at radius 1 is 1.23 bits per heavy atom. The topological polar surface area (TPSA) is 15.3 Å². The summed E-state index contributed by atoms with van der Waals surface area (Å²) in [6, 6.07) is 1.63. The molecule has 3 atom stereocenters. The average molecular weight is 182 g/mol. The van der Waals surface area contributed by atoms with Crippen molar-refractivity contribution in [2.75, 3.05) is 21.1 Å². The van der Waals surface area contributed by atoms with Gasteiger partial charge in [-0.1, -0.05) is 6.42 Å². The molecular weight excluding hydrogens is 160 g/mol. The fourth-order valence-electron chi connectivity index (χ4n) is 3.64. The Balaban J connectivity index is 2.11. The van der Waals surface area contributed by atoms with E-state index >= 15 is 0 Å². The van der Waals surface area contributed by atoms with Crippen molar-refractivity contribution in [3.8, 4) is 0 Å². The maximum atomic E-state index is 3.51. The van der Waals surface area contributed by atoms with Crippen LogP contribution < -0.4 is 5.32 Å². The Morgan fingerprint density at radius 2 is 2.00 bits per heavy atom. The minimum absolute atomic E-state index is 0.637. The van der Waals surface area contributed by atoms with Gasteiger partial charge in [0.15, 0.2) is 0 Å². The molecule has 2 heteroatoms. The van der Waals surface area contributed by atoms with Crippen molar-refractivity contribution < 1.29 is 0 Å². The lowest BCUT2D eigenvalue weighted by atomic mass is 9.60. The lowest BCUT2D eigenvalue weighted by Gasteiger charge is -2.54. The van der Waals surface area contributed by atoms with E-state index in [1.54, 1.807) is 0 Å². The van der Waals surface area contributed by atoms with E-state index in [0.29, 0.717) is 5.41 Å². The second-order valence-electron chi connectivity index (χ2n) is 4.98. The van der Waals surface area contributed by atoms with Crippen LogP contribution in [0.5, 0.6) is 0 Å². The van der Waals surface area contributed by atoms with Gasteiger partial charge in [0.1, 0.15) is 0 Å². The third kappa shape index (κ3) is 1.23. The summed E-state index contributed by atoms with van der Waals surface area (Å²) in [5.74, 6) is 0. The highest BCUT2D eigenvalue weighted by atomic mass is 15.1. The minimum Gasteiger partial charge on any atom is -0.316 e. The zero-order chi connectivity index (χ0) is 9.47. The summed E-state index contributed by atoms with van der Waals surface area (Å²) in [4.78, 5) is 2.43. The first-order valence-electron chi connectivity index (χ1n) is 5.54. The maximum absolute atomic E-state index is 3.51. The van der Waals surface area contributed by atoms with E-state index in [4.69, 9.17) is 0 Å². The SMILES string of the molecule is CNC1CCCC12CCC2N(C)C. The van der Waals surface area contributed by atoms with Gasteiger partial charge < -0.3 is 10.2 Å². The van der Waals surface area contributed by atoms with Crippen molar-refractivity contribution in [1.29, 1.82) is 0 Å². The largest absolute Gasteiger partial charge is 0.316 e. The van der Waals surface area contributed by atoms with Crippen LogP contribution in [0.1, 0.15) is 32.1 Å². The van der Waals surface area contributed by atoms with Gasteiger partial charge in [-0.15, -0.1) is 0 Å². The summed E-state index contributed by atoms with van der Waals surface area (Å²) in [5.41, 5.74) is 0.637. The molecule has 0 bridgehead atoms. The molecule has 2 rings (SSSR count). The molecule has 76 valence electrons. The van der Waals surface area contributed by atoms with Gasteiger partial charge in [-0.2, -0.15) is 0 Å². The molecule has 0 aliphatic heterocycles. The van der Waals surface area contributed by atoms with Gasteiger partial charge in [0.2, 0.25) is 0 Å². The van der Waals surface area contributed by atoms with Crippen LogP contribution in [-0.2, 0) is 0 Å².